The number of allylic oxidation sites excluding steroid dienone is 2. The number of nitrogens with one attached hydrogen (secondary N) is 2. The van der Waals surface area contributed by atoms with Gasteiger partial charge in [0, 0.05) is 11.6 Å². The van der Waals surface area contributed by atoms with Crippen LogP contribution in [0, 0.1) is 17.8 Å². The average molecular weight is 235 g/mol. The van der Waals surface area contributed by atoms with Gasteiger partial charge >= 0.3 is 11.8 Å². The van der Waals surface area contributed by atoms with Crippen LogP contribution >= 0.6 is 0 Å². The summed E-state index contributed by atoms with van der Waals surface area (Å²) < 4.78 is 0. The zero-order valence-electron chi connectivity index (χ0n) is 9.66. The van der Waals surface area contributed by atoms with Crippen molar-refractivity contribution in [2.75, 3.05) is 0 Å². The summed E-state index contributed by atoms with van der Waals surface area (Å²) in [6.07, 6.45) is 6.12. The molecule has 2 fully saturated rings. The molecule has 3 atom stereocenters. The lowest BCUT2D eigenvalue weighted by Crippen LogP contribution is -2.48. The highest BCUT2D eigenvalue weighted by atomic mass is 16.2. The van der Waals surface area contributed by atoms with Gasteiger partial charge in [-0.3, -0.25) is 15.0 Å². The van der Waals surface area contributed by atoms with Gasteiger partial charge < -0.3 is 11.2 Å². The molecule has 4 aliphatic rings. The number of amides is 2. The highest BCUT2D eigenvalue weighted by Gasteiger charge is 2.41. The Morgan fingerprint density at radius 1 is 1.12 bits per heavy atom. The molecule has 2 saturated carbocycles. The van der Waals surface area contributed by atoms with Crippen molar-refractivity contribution in [2.45, 2.75) is 32.1 Å². The lowest BCUT2D eigenvalue weighted by Gasteiger charge is -2.47. The van der Waals surface area contributed by atoms with Crippen molar-refractivity contribution in [1.82, 2.24) is 10.9 Å². The fourth-order valence-corrected chi connectivity index (χ4v) is 3.80. The van der Waals surface area contributed by atoms with Gasteiger partial charge in [-0.2, -0.15) is 0 Å². The minimum atomic E-state index is -0.952. The first-order chi connectivity index (χ1) is 8.13. The molecule has 92 valence electrons. The van der Waals surface area contributed by atoms with Crippen molar-refractivity contribution in [3.8, 4) is 0 Å². The van der Waals surface area contributed by atoms with E-state index in [0.29, 0.717) is 5.92 Å². The van der Waals surface area contributed by atoms with Gasteiger partial charge in [-0.15, -0.1) is 0 Å². The van der Waals surface area contributed by atoms with Gasteiger partial charge in [0.25, 0.3) is 0 Å². The molecule has 0 aromatic heterocycles. The van der Waals surface area contributed by atoms with E-state index in [0.717, 1.165) is 30.4 Å². The first-order valence-electron chi connectivity index (χ1n) is 6.21. The third kappa shape index (κ3) is 1.79. The smallest absolute Gasteiger partial charge is 0.327 e. The van der Waals surface area contributed by atoms with E-state index < -0.39 is 11.8 Å². The van der Waals surface area contributed by atoms with E-state index in [-0.39, 0.29) is 0 Å². The molecule has 4 N–H and O–H groups in total. The van der Waals surface area contributed by atoms with Crippen LogP contribution in [0.1, 0.15) is 32.1 Å². The van der Waals surface area contributed by atoms with Crippen molar-refractivity contribution < 1.29 is 9.59 Å². The molecule has 0 aromatic rings. The molecule has 5 heteroatoms. The highest BCUT2D eigenvalue weighted by molar-refractivity contribution is 6.34. The quantitative estimate of drug-likeness (QED) is 0.472. The second kappa shape index (κ2) is 3.75. The second-order valence-electron chi connectivity index (χ2n) is 5.50. The molecule has 0 radical (unpaired) electrons. The molecular formula is C12H17N3O2. The van der Waals surface area contributed by atoms with Crippen LogP contribution in [0.5, 0.6) is 0 Å². The molecule has 1 unspecified atom stereocenters. The molecule has 4 rings (SSSR count). The zero-order chi connectivity index (χ0) is 12.0. The van der Waals surface area contributed by atoms with E-state index in [1.54, 1.807) is 0 Å². The van der Waals surface area contributed by atoms with E-state index in [1.165, 1.54) is 24.8 Å². The molecule has 4 bridgehead atoms. The largest absolute Gasteiger partial charge is 0.361 e. The Morgan fingerprint density at radius 3 is 2.29 bits per heavy atom. The summed E-state index contributed by atoms with van der Waals surface area (Å²) >= 11 is 0. The standard InChI is InChI=1S/C12H17N3O2/c13-11(16)12(17)15-14-10-8-2-6-1-7(4-8)5-9(10)3-6/h6-8,14H,1-5H2,(H2,13,16)(H,15,17)/t6-,7+,8?. The van der Waals surface area contributed by atoms with E-state index >= 15 is 0 Å². The van der Waals surface area contributed by atoms with Gasteiger partial charge in [0.1, 0.15) is 0 Å². The minimum absolute atomic E-state index is 0.546. The predicted octanol–water partition coefficient (Wildman–Crippen LogP) is 0.186. The maximum absolute atomic E-state index is 11.1. The Bertz CT molecular complexity index is 400. The molecule has 4 aliphatic carbocycles. The maximum Gasteiger partial charge on any atom is 0.327 e. The SMILES string of the molecule is NC(=O)C(=O)NNC1=C2C[C@@H]3CC1C[C@H](C2)C3. The molecule has 0 aliphatic heterocycles. The maximum atomic E-state index is 11.1. The number of primary amides is 1. The topological polar surface area (TPSA) is 84.2 Å². The normalized spacial score (nSPS) is 33.8. The lowest BCUT2D eigenvalue weighted by molar-refractivity contribution is -0.137. The van der Waals surface area contributed by atoms with Crippen LogP contribution in [0.4, 0.5) is 0 Å². The van der Waals surface area contributed by atoms with Crippen molar-refractivity contribution in [3.05, 3.63) is 11.3 Å². The molecule has 0 saturated heterocycles. The average Bonchev–Trinajstić information content (AvgIpc) is 2.26. The number of hydrazine groups is 1. The van der Waals surface area contributed by atoms with E-state index in [9.17, 15) is 9.59 Å². The van der Waals surface area contributed by atoms with Gasteiger partial charge in [0.2, 0.25) is 0 Å². The fraction of sp³-hybridized carbons (Fsp3) is 0.667. The monoisotopic (exact) mass is 235 g/mol. The number of hydrogen-bond donors (Lipinski definition) is 3. The van der Waals surface area contributed by atoms with Crippen LogP contribution < -0.4 is 16.6 Å². The van der Waals surface area contributed by atoms with Crippen molar-refractivity contribution >= 4 is 11.8 Å². The number of carbonyl (C=O) groups excluding carboxylic acids is 2. The summed E-state index contributed by atoms with van der Waals surface area (Å²) in [6, 6.07) is 0. The number of hydrogen-bond acceptors (Lipinski definition) is 3. The van der Waals surface area contributed by atoms with Crippen LogP contribution in [0.15, 0.2) is 11.3 Å². The fourth-order valence-electron chi connectivity index (χ4n) is 3.80. The van der Waals surface area contributed by atoms with Crippen LogP contribution in [0.2, 0.25) is 0 Å². The van der Waals surface area contributed by atoms with Gasteiger partial charge in [-0.25, -0.2) is 0 Å². The number of rotatable bonds is 2. The Morgan fingerprint density at radius 2 is 1.76 bits per heavy atom. The molecule has 0 heterocycles. The molecule has 0 aromatic carbocycles. The highest BCUT2D eigenvalue weighted by Crippen LogP contribution is 2.52. The van der Waals surface area contributed by atoms with Crippen molar-refractivity contribution in [1.29, 1.82) is 0 Å². The molecule has 17 heavy (non-hydrogen) atoms. The summed E-state index contributed by atoms with van der Waals surface area (Å²) in [5.41, 5.74) is 12.8. The summed E-state index contributed by atoms with van der Waals surface area (Å²) in [5, 5.41) is 0. The van der Waals surface area contributed by atoms with Crippen LogP contribution in [0.3, 0.4) is 0 Å². The van der Waals surface area contributed by atoms with Gasteiger partial charge in [0.15, 0.2) is 0 Å². The Labute approximate surface area is 99.8 Å². The van der Waals surface area contributed by atoms with Crippen LogP contribution in [-0.4, -0.2) is 11.8 Å². The van der Waals surface area contributed by atoms with E-state index in [1.807, 2.05) is 0 Å². The molecule has 5 nitrogen and oxygen atoms in total. The van der Waals surface area contributed by atoms with Crippen LogP contribution in [-0.2, 0) is 9.59 Å². The lowest BCUT2D eigenvalue weighted by atomic mass is 9.60. The number of carbonyl (C=O) groups is 2. The minimum Gasteiger partial charge on any atom is -0.361 e. The van der Waals surface area contributed by atoms with Gasteiger partial charge in [0.05, 0.1) is 0 Å². The van der Waals surface area contributed by atoms with E-state index in [2.05, 4.69) is 10.9 Å². The Kier molecular flexibility index (Phi) is 2.34. The Hall–Kier alpha value is -1.52. The number of nitrogens with two attached hydrogens (primary N) is 1. The second-order valence-corrected chi connectivity index (χ2v) is 5.50. The molecule has 2 amide bonds. The summed E-state index contributed by atoms with van der Waals surface area (Å²) in [6.45, 7) is 0. The third-order valence-electron chi connectivity index (χ3n) is 4.30. The summed E-state index contributed by atoms with van der Waals surface area (Å²) in [7, 11) is 0. The predicted molar refractivity (Wildman–Crippen MR) is 61.1 cm³/mol. The summed E-state index contributed by atoms with van der Waals surface area (Å²) in [4.78, 5) is 21.7. The molecule has 0 spiro atoms. The van der Waals surface area contributed by atoms with Gasteiger partial charge in [-0.05, 0) is 49.5 Å². The van der Waals surface area contributed by atoms with Gasteiger partial charge in [-0.1, -0.05) is 0 Å². The summed E-state index contributed by atoms with van der Waals surface area (Å²) in [5.74, 6) is 0.517. The zero-order valence-corrected chi connectivity index (χ0v) is 9.66. The first-order valence-corrected chi connectivity index (χ1v) is 6.21. The van der Waals surface area contributed by atoms with Crippen molar-refractivity contribution in [3.63, 3.8) is 0 Å². The van der Waals surface area contributed by atoms with E-state index in [4.69, 9.17) is 5.73 Å². The van der Waals surface area contributed by atoms with Crippen molar-refractivity contribution in [2.24, 2.45) is 23.5 Å². The van der Waals surface area contributed by atoms with Crippen LogP contribution in [0.25, 0.3) is 0 Å². The molecular weight excluding hydrogens is 218 g/mol. The Balaban J connectivity index is 1.71. The third-order valence-corrected chi connectivity index (χ3v) is 4.30. The first kappa shape index (κ1) is 10.6.